The van der Waals surface area contributed by atoms with Gasteiger partial charge >= 0.3 is 0 Å². The monoisotopic (exact) mass is 231 g/mol. The third kappa shape index (κ3) is 0.965. The number of carbonyl (C=O) groups is 1. The molecule has 4 rings (SSSR count). The van der Waals surface area contributed by atoms with Gasteiger partial charge in [0.1, 0.15) is 0 Å². The van der Waals surface area contributed by atoms with Crippen molar-refractivity contribution in [3.63, 3.8) is 0 Å². The Labute approximate surface area is 99.1 Å². The molecule has 4 heteroatoms. The van der Waals surface area contributed by atoms with E-state index >= 15 is 0 Å². The molecule has 2 heterocycles. The second-order valence-corrected chi connectivity index (χ2v) is 5.04. The largest absolute Gasteiger partial charge is 0.451 e. The normalized spacial score (nSPS) is 26.6. The van der Waals surface area contributed by atoms with Crippen LogP contribution in [0.1, 0.15) is 35.7 Å². The van der Waals surface area contributed by atoms with E-state index in [1.165, 1.54) is 0 Å². The van der Waals surface area contributed by atoms with Crippen LogP contribution in [0.15, 0.2) is 12.1 Å². The van der Waals surface area contributed by atoms with Crippen molar-refractivity contribution in [3.8, 4) is 11.5 Å². The van der Waals surface area contributed by atoms with Gasteiger partial charge < -0.3 is 14.4 Å². The van der Waals surface area contributed by atoms with E-state index in [9.17, 15) is 4.79 Å². The van der Waals surface area contributed by atoms with Crippen molar-refractivity contribution in [2.24, 2.45) is 0 Å². The van der Waals surface area contributed by atoms with Crippen LogP contribution in [-0.2, 0) is 5.54 Å². The lowest BCUT2D eigenvalue weighted by Gasteiger charge is -2.19. The summed E-state index contributed by atoms with van der Waals surface area (Å²) in [5.74, 6) is 1.56. The van der Waals surface area contributed by atoms with Gasteiger partial charge in [-0.25, -0.2) is 0 Å². The highest BCUT2D eigenvalue weighted by atomic mass is 16.7. The van der Waals surface area contributed by atoms with Gasteiger partial charge in [0.2, 0.25) is 6.29 Å². The minimum absolute atomic E-state index is 0.0450. The molecule has 1 spiro atoms. The summed E-state index contributed by atoms with van der Waals surface area (Å²) in [5.41, 5.74) is 1.85. The fraction of sp³-hybridized carbons (Fsp3) is 0.462. The highest BCUT2D eigenvalue weighted by molar-refractivity contribution is 6.01. The Kier molecular flexibility index (Phi) is 1.42. The van der Waals surface area contributed by atoms with Crippen LogP contribution in [0.4, 0.5) is 0 Å². The summed E-state index contributed by atoms with van der Waals surface area (Å²) >= 11 is 0. The first-order chi connectivity index (χ1) is 8.12. The molecule has 0 N–H and O–H groups in total. The van der Waals surface area contributed by atoms with E-state index in [1.54, 1.807) is 0 Å². The topological polar surface area (TPSA) is 38.8 Å². The van der Waals surface area contributed by atoms with Crippen LogP contribution in [-0.4, -0.2) is 24.1 Å². The Morgan fingerprint density at radius 3 is 2.59 bits per heavy atom. The summed E-state index contributed by atoms with van der Waals surface area (Å²) in [6, 6.07) is 3.82. The van der Waals surface area contributed by atoms with Crippen LogP contribution in [0.2, 0.25) is 0 Å². The third-order valence-corrected chi connectivity index (χ3v) is 4.07. The van der Waals surface area contributed by atoms with Gasteiger partial charge in [-0.2, -0.15) is 0 Å². The van der Waals surface area contributed by atoms with Crippen molar-refractivity contribution in [1.82, 2.24) is 4.90 Å². The van der Waals surface area contributed by atoms with Gasteiger partial charge in [-0.05, 0) is 30.5 Å². The fourth-order valence-corrected chi connectivity index (χ4v) is 2.97. The molecule has 1 saturated carbocycles. The van der Waals surface area contributed by atoms with Gasteiger partial charge in [-0.1, -0.05) is 0 Å². The molecular weight excluding hydrogens is 218 g/mol. The van der Waals surface area contributed by atoms with E-state index in [4.69, 9.17) is 9.47 Å². The zero-order chi connectivity index (χ0) is 11.8. The van der Waals surface area contributed by atoms with E-state index in [0.717, 1.165) is 29.7 Å². The highest BCUT2D eigenvalue weighted by Gasteiger charge is 2.56. The molecule has 0 aromatic heterocycles. The molecule has 1 amide bonds. The number of rotatable bonds is 0. The van der Waals surface area contributed by atoms with Gasteiger partial charge in [0.15, 0.2) is 11.5 Å². The summed E-state index contributed by atoms with van der Waals surface area (Å²) in [5, 5.41) is 0. The van der Waals surface area contributed by atoms with Crippen LogP contribution < -0.4 is 9.47 Å². The molecule has 3 aliphatic rings. The van der Waals surface area contributed by atoms with E-state index in [1.807, 2.05) is 31.0 Å². The first kappa shape index (κ1) is 9.33. The summed E-state index contributed by atoms with van der Waals surface area (Å²) in [7, 11) is 1.88. The Bertz CT molecular complexity index is 548. The molecule has 0 bridgehead atoms. The van der Waals surface area contributed by atoms with Crippen LogP contribution in [0.5, 0.6) is 11.5 Å². The van der Waals surface area contributed by atoms with Crippen molar-refractivity contribution in [3.05, 3.63) is 23.3 Å². The standard InChI is InChI=1S/C13H13NO3/c1-7-16-10-5-8-9(6-11(10)17-7)13(3-4-13)14(2)12(8)15/h5-7H,3-4H2,1-2H3/t7-/m0/s1. The predicted molar refractivity (Wildman–Crippen MR) is 60.2 cm³/mol. The summed E-state index contributed by atoms with van der Waals surface area (Å²) in [6.07, 6.45) is 1.85. The average Bonchev–Trinajstić information content (AvgIpc) is 2.98. The molecule has 2 aliphatic heterocycles. The number of amides is 1. The van der Waals surface area contributed by atoms with Crippen molar-refractivity contribution >= 4 is 5.91 Å². The molecule has 88 valence electrons. The maximum Gasteiger partial charge on any atom is 0.254 e. The summed E-state index contributed by atoms with van der Waals surface area (Å²) in [4.78, 5) is 14.0. The number of hydrogen-bond donors (Lipinski definition) is 0. The maximum atomic E-state index is 12.2. The lowest BCUT2D eigenvalue weighted by atomic mass is 10.0. The molecular formula is C13H13NO3. The molecule has 1 atom stereocenters. The van der Waals surface area contributed by atoms with E-state index in [0.29, 0.717) is 5.75 Å². The number of carbonyl (C=O) groups excluding carboxylic acids is 1. The van der Waals surface area contributed by atoms with E-state index in [2.05, 4.69) is 0 Å². The van der Waals surface area contributed by atoms with Crippen molar-refractivity contribution < 1.29 is 14.3 Å². The number of nitrogens with zero attached hydrogens (tertiary/aromatic N) is 1. The fourth-order valence-electron chi connectivity index (χ4n) is 2.97. The molecule has 1 aromatic rings. The Balaban J connectivity index is 1.93. The zero-order valence-corrected chi connectivity index (χ0v) is 9.82. The molecule has 1 fully saturated rings. The molecule has 0 radical (unpaired) electrons. The number of benzene rings is 1. The first-order valence-electron chi connectivity index (χ1n) is 5.92. The average molecular weight is 231 g/mol. The van der Waals surface area contributed by atoms with Crippen molar-refractivity contribution in [2.75, 3.05) is 7.05 Å². The summed E-state index contributed by atoms with van der Waals surface area (Å²) in [6.45, 7) is 1.85. The molecule has 4 nitrogen and oxygen atoms in total. The first-order valence-corrected chi connectivity index (χ1v) is 5.92. The maximum absolute atomic E-state index is 12.2. The van der Waals surface area contributed by atoms with Gasteiger partial charge in [-0.15, -0.1) is 0 Å². The van der Waals surface area contributed by atoms with Crippen molar-refractivity contribution in [1.29, 1.82) is 0 Å². The van der Waals surface area contributed by atoms with Crippen LogP contribution in [0.25, 0.3) is 0 Å². The molecule has 0 unspecified atom stereocenters. The SMILES string of the molecule is C[C@H]1Oc2cc3c(cc2O1)C1(CC1)N(C)C3=O. The second-order valence-electron chi connectivity index (χ2n) is 5.04. The minimum Gasteiger partial charge on any atom is -0.451 e. The number of ether oxygens (including phenoxy) is 2. The van der Waals surface area contributed by atoms with Crippen LogP contribution in [0, 0.1) is 0 Å². The van der Waals surface area contributed by atoms with E-state index in [-0.39, 0.29) is 17.7 Å². The lowest BCUT2D eigenvalue weighted by Crippen LogP contribution is -2.28. The van der Waals surface area contributed by atoms with Crippen LogP contribution >= 0.6 is 0 Å². The molecule has 0 saturated heterocycles. The number of fused-ring (bicyclic) bond motifs is 3. The lowest BCUT2D eigenvalue weighted by molar-refractivity contribution is 0.0669. The molecule has 1 aliphatic carbocycles. The van der Waals surface area contributed by atoms with Gasteiger partial charge in [0.25, 0.3) is 5.91 Å². The van der Waals surface area contributed by atoms with Crippen LogP contribution in [0.3, 0.4) is 0 Å². The van der Waals surface area contributed by atoms with E-state index < -0.39 is 0 Å². The molecule has 17 heavy (non-hydrogen) atoms. The summed E-state index contributed by atoms with van der Waals surface area (Å²) < 4.78 is 11.1. The second kappa shape index (κ2) is 2.58. The Morgan fingerprint density at radius 1 is 1.29 bits per heavy atom. The Morgan fingerprint density at radius 2 is 1.94 bits per heavy atom. The van der Waals surface area contributed by atoms with Gasteiger partial charge in [0, 0.05) is 19.5 Å². The Hall–Kier alpha value is -1.71. The smallest absolute Gasteiger partial charge is 0.254 e. The highest BCUT2D eigenvalue weighted by Crippen LogP contribution is 2.57. The number of hydrogen-bond acceptors (Lipinski definition) is 3. The predicted octanol–water partition coefficient (Wildman–Crippen LogP) is 1.88. The molecule has 1 aromatic carbocycles. The third-order valence-electron chi connectivity index (χ3n) is 4.07. The minimum atomic E-state index is -0.254. The van der Waals surface area contributed by atoms with Gasteiger partial charge in [0.05, 0.1) is 5.54 Å². The van der Waals surface area contributed by atoms with Gasteiger partial charge in [-0.3, -0.25) is 4.79 Å². The zero-order valence-electron chi connectivity index (χ0n) is 9.82. The quantitative estimate of drug-likeness (QED) is 0.684. The van der Waals surface area contributed by atoms with Crippen molar-refractivity contribution in [2.45, 2.75) is 31.6 Å².